The SMILES string of the molecule is Fc1cccc(F)c1-c1nn(C(c2ccccc2)(c2ccccc2)c2ccccc2)cc1-c1ccc2ncc(-c3ccccn3)n2c1. The first kappa shape index (κ1) is 28.3. The molecule has 226 valence electrons. The van der Waals surface area contributed by atoms with Gasteiger partial charge in [-0.15, -0.1) is 0 Å². The Morgan fingerprint density at radius 2 is 1.15 bits per heavy atom. The minimum atomic E-state index is -0.989. The van der Waals surface area contributed by atoms with E-state index in [4.69, 9.17) is 5.10 Å². The Hall–Kier alpha value is -6.21. The summed E-state index contributed by atoms with van der Waals surface area (Å²) < 4.78 is 35.2. The number of fused-ring (bicyclic) bond motifs is 1. The number of hydrogen-bond acceptors (Lipinski definition) is 3. The van der Waals surface area contributed by atoms with Crippen LogP contribution in [0.3, 0.4) is 0 Å². The number of halogens is 2. The summed E-state index contributed by atoms with van der Waals surface area (Å²) in [7, 11) is 0. The molecule has 0 bridgehead atoms. The highest BCUT2D eigenvalue weighted by Gasteiger charge is 2.40. The molecule has 0 aliphatic rings. The lowest BCUT2D eigenvalue weighted by Crippen LogP contribution is -2.38. The Labute approximate surface area is 270 Å². The van der Waals surface area contributed by atoms with E-state index < -0.39 is 17.2 Å². The average molecular weight is 616 g/mol. The molecule has 0 saturated carbocycles. The molecule has 0 atom stereocenters. The van der Waals surface area contributed by atoms with Crippen LogP contribution in [0.1, 0.15) is 16.7 Å². The van der Waals surface area contributed by atoms with Crippen LogP contribution in [-0.4, -0.2) is 24.1 Å². The van der Waals surface area contributed by atoms with Crippen LogP contribution in [-0.2, 0) is 5.54 Å². The highest BCUT2D eigenvalue weighted by molar-refractivity contribution is 5.82. The van der Waals surface area contributed by atoms with Crippen molar-refractivity contribution in [3.05, 3.63) is 193 Å². The van der Waals surface area contributed by atoms with E-state index in [1.807, 2.05) is 106 Å². The molecule has 47 heavy (non-hydrogen) atoms. The van der Waals surface area contributed by atoms with Gasteiger partial charge in [-0.1, -0.05) is 103 Å². The van der Waals surface area contributed by atoms with E-state index in [-0.39, 0.29) is 11.3 Å². The van der Waals surface area contributed by atoms with Crippen LogP contribution >= 0.6 is 0 Å². The molecule has 5 nitrogen and oxygen atoms in total. The zero-order valence-electron chi connectivity index (χ0n) is 25.1. The third kappa shape index (κ3) is 4.71. The Morgan fingerprint density at radius 1 is 0.553 bits per heavy atom. The van der Waals surface area contributed by atoms with Crippen molar-refractivity contribution in [3.63, 3.8) is 0 Å². The largest absolute Gasteiger partial charge is 0.298 e. The summed E-state index contributed by atoms with van der Waals surface area (Å²) in [5, 5.41) is 5.13. The number of pyridine rings is 2. The van der Waals surface area contributed by atoms with Crippen molar-refractivity contribution >= 4 is 5.65 Å². The second-order valence-corrected chi connectivity index (χ2v) is 11.2. The molecule has 7 heteroatoms. The predicted molar refractivity (Wildman–Crippen MR) is 180 cm³/mol. The lowest BCUT2D eigenvalue weighted by atomic mass is 9.77. The zero-order chi connectivity index (χ0) is 31.8. The molecule has 0 spiro atoms. The average Bonchev–Trinajstić information content (AvgIpc) is 3.75. The second-order valence-electron chi connectivity index (χ2n) is 11.2. The summed E-state index contributed by atoms with van der Waals surface area (Å²) in [6, 6.07) is 43.6. The Kier molecular flexibility index (Phi) is 6.99. The molecule has 0 N–H and O–H groups in total. The molecule has 0 aliphatic carbocycles. The Bertz CT molecular complexity index is 2200. The van der Waals surface area contributed by atoms with Crippen LogP contribution in [0.25, 0.3) is 39.4 Å². The summed E-state index contributed by atoms with van der Waals surface area (Å²) in [5.74, 6) is -1.39. The number of benzene rings is 4. The maximum atomic E-state index is 15.7. The van der Waals surface area contributed by atoms with Crippen molar-refractivity contribution in [2.75, 3.05) is 0 Å². The van der Waals surface area contributed by atoms with Crippen molar-refractivity contribution in [2.24, 2.45) is 0 Å². The fourth-order valence-electron chi connectivity index (χ4n) is 6.44. The lowest BCUT2D eigenvalue weighted by molar-refractivity contribution is 0.460. The van der Waals surface area contributed by atoms with Crippen LogP contribution in [0.4, 0.5) is 8.78 Å². The van der Waals surface area contributed by atoms with Crippen LogP contribution in [0.15, 0.2) is 164 Å². The lowest BCUT2D eigenvalue weighted by Gasteiger charge is -2.36. The molecular weight excluding hydrogens is 588 g/mol. The summed E-state index contributed by atoms with van der Waals surface area (Å²) in [4.78, 5) is 9.11. The summed E-state index contributed by atoms with van der Waals surface area (Å²) in [5.41, 5.74) is 5.35. The maximum absolute atomic E-state index is 15.7. The maximum Gasteiger partial charge on any atom is 0.138 e. The first-order valence-electron chi connectivity index (χ1n) is 15.2. The van der Waals surface area contributed by atoms with Crippen molar-refractivity contribution < 1.29 is 8.78 Å². The van der Waals surface area contributed by atoms with Gasteiger partial charge >= 0.3 is 0 Å². The van der Waals surface area contributed by atoms with Gasteiger partial charge in [0.2, 0.25) is 0 Å². The molecule has 8 aromatic rings. The van der Waals surface area contributed by atoms with E-state index in [9.17, 15) is 0 Å². The Balaban J connectivity index is 1.46. The molecule has 0 amide bonds. The molecule has 0 fully saturated rings. The van der Waals surface area contributed by atoms with E-state index in [2.05, 4.69) is 46.4 Å². The number of rotatable bonds is 7. The fraction of sp³-hybridized carbons (Fsp3) is 0.0250. The van der Waals surface area contributed by atoms with E-state index in [0.29, 0.717) is 16.8 Å². The summed E-state index contributed by atoms with van der Waals surface area (Å²) in [6.07, 6.45) is 7.32. The standard InChI is InChI=1S/C40H27F2N5/c41-33-19-12-20-34(42)38(33)39-32(28-22-23-37-44-25-36(46(37)26-28)35-21-10-11-24-43-35)27-47(45-39)40(29-13-4-1-5-14-29,30-15-6-2-7-16-30)31-17-8-3-9-18-31/h1-27H. The molecule has 4 heterocycles. The van der Waals surface area contributed by atoms with Crippen molar-refractivity contribution in [3.8, 4) is 33.8 Å². The second kappa shape index (κ2) is 11.6. The van der Waals surface area contributed by atoms with Gasteiger partial charge in [-0.3, -0.25) is 14.1 Å². The van der Waals surface area contributed by atoms with Gasteiger partial charge in [-0.2, -0.15) is 5.10 Å². The van der Waals surface area contributed by atoms with Gasteiger partial charge in [0.25, 0.3) is 0 Å². The molecule has 0 unspecified atom stereocenters. The van der Waals surface area contributed by atoms with Crippen molar-refractivity contribution in [1.29, 1.82) is 0 Å². The monoisotopic (exact) mass is 615 g/mol. The molecular formula is C40H27F2N5. The quantitative estimate of drug-likeness (QED) is 0.168. The highest BCUT2D eigenvalue weighted by atomic mass is 19.1. The number of nitrogens with zero attached hydrogens (tertiary/aromatic N) is 5. The van der Waals surface area contributed by atoms with E-state index >= 15 is 8.78 Å². The summed E-state index contributed by atoms with van der Waals surface area (Å²) in [6.45, 7) is 0. The van der Waals surface area contributed by atoms with Gasteiger partial charge in [-0.05, 0) is 53.1 Å². The van der Waals surface area contributed by atoms with Gasteiger partial charge in [0.1, 0.15) is 28.5 Å². The minimum Gasteiger partial charge on any atom is -0.298 e. The minimum absolute atomic E-state index is 0.187. The van der Waals surface area contributed by atoms with E-state index in [1.165, 1.54) is 18.2 Å². The smallest absolute Gasteiger partial charge is 0.138 e. The molecule has 4 aromatic carbocycles. The van der Waals surface area contributed by atoms with Gasteiger partial charge in [0.15, 0.2) is 0 Å². The zero-order valence-corrected chi connectivity index (χ0v) is 25.1. The highest BCUT2D eigenvalue weighted by Crippen LogP contribution is 2.44. The molecule has 0 radical (unpaired) electrons. The number of aromatic nitrogens is 5. The van der Waals surface area contributed by atoms with Gasteiger partial charge < -0.3 is 0 Å². The first-order valence-corrected chi connectivity index (χ1v) is 15.2. The third-order valence-corrected chi connectivity index (χ3v) is 8.58. The summed E-state index contributed by atoms with van der Waals surface area (Å²) >= 11 is 0. The Morgan fingerprint density at radius 3 is 1.72 bits per heavy atom. The van der Waals surface area contributed by atoms with Crippen LogP contribution in [0.5, 0.6) is 0 Å². The molecule has 0 saturated heterocycles. The molecule has 4 aromatic heterocycles. The predicted octanol–water partition coefficient (Wildman–Crippen LogP) is 9.05. The van der Waals surface area contributed by atoms with Gasteiger partial charge in [0.05, 0.1) is 23.1 Å². The topological polar surface area (TPSA) is 48.0 Å². The van der Waals surface area contributed by atoms with Crippen LogP contribution in [0.2, 0.25) is 0 Å². The molecule has 0 aliphatic heterocycles. The first-order chi connectivity index (χ1) is 23.1. The van der Waals surface area contributed by atoms with Crippen molar-refractivity contribution in [1.82, 2.24) is 24.1 Å². The van der Waals surface area contributed by atoms with Crippen LogP contribution < -0.4 is 0 Å². The molecule has 8 rings (SSSR count). The number of imidazole rings is 1. The van der Waals surface area contributed by atoms with E-state index in [0.717, 1.165) is 28.1 Å². The number of hydrogen-bond donors (Lipinski definition) is 0. The fourth-order valence-corrected chi connectivity index (χ4v) is 6.44. The third-order valence-electron chi connectivity index (χ3n) is 8.58. The van der Waals surface area contributed by atoms with Gasteiger partial charge in [0, 0.05) is 29.7 Å². The van der Waals surface area contributed by atoms with E-state index in [1.54, 1.807) is 12.4 Å². The van der Waals surface area contributed by atoms with Crippen LogP contribution in [0, 0.1) is 11.6 Å². The normalized spacial score (nSPS) is 11.6. The van der Waals surface area contributed by atoms with Gasteiger partial charge in [-0.25, -0.2) is 13.8 Å². The van der Waals surface area contributed by atoms with Crippen molar-refractivity contribution in [2.45, 2.75) is 5.54 Å².